The van der Waals surface area contributed by atoms with Gasteiger partial charge in [-0.3, -0.25) is 0 Å². The molecule has 1 heterocycles. The van der Waals surface area contributed by atoms with Gasteiger partial charge < -0.3 is 4.74 Å². The van der Waals surface area contributed by atoms with Gasteiger partial charge in [-0.05, 0) is 71.1 Å². The smallest absolute Gasteiger partial charge is 0.199 e. The molecule has 1 aliphatic heterocycles. The third kappa shape index (κ3) is 6.36. The average Bonchev–Trinajstić information content (AvgIpc) is 2.91. The summed E-state index contributed by atoms with van der Waals surface area (Å²) >= 11 is 0. The van der Waals surface area contributed by atoms with E-state index >= 15 is 0 Å². The molecule has 2 heteroatoms. The van der Waals surface area contributed by atoms with Crippen LogP contribution in [0.1, 0.15) is 36.1 Å². The second-order valence-corrected chi connectivity index (χ2v) is 8.92. The first-order chi connectivity index (χ1) is 17.1. The summed E-state index contributed by atoms with van der Waals surface area (Å²) < 4.78 is 8.41. The molecule has 0 amide bonds. The number of ether oxygens (including phenoxy) is 1. The quantitative estimate of drug-likeness (QED) is 0.407. The monoisotopic (exact) mass is 460 g/mol. The molecule has 0 fully saturated rings. The molecule has 0 bridgehead atoms. The van der Waals surface area contributed by atoms with Crippen molar-refractivity contribution in [3.8, 4) is 0 Å². The molecular formula is C33H34NO+. The van der Waals surface area contributed by atoms with E-state index in [4.69, 9.17) is 4.74 Å². The Morgan fingerprint density at radius 3 is 1.83 bits per heavy atom. The highest BCUT2D eigenvalue weighted by Gasteiger charge is 2.14. The fraction of sp³-hybridized carbons (Fsp3) is 0.182. The first-order valence-corrected chi connectivity index (χ1v) is 12.3. The molecule has 0 saturated heterocycles. The largest absolute Gasteiger partial charge is 0.457 e. The van der Waals surface area contributed by atoms with Gasteiger partial charge in [-0.1, -0.05) is 80.6 Å². The Balaban J connectivity index is 1.60. The lowest BCUT2D eigenvalue weighted by atomic mass is 9.98. The van der Waals surface area contributed by atoms with Gasteiger partial charge in [-0.15, -0.1) is 0 Å². The Bertz CT molecular complexity index is 1280. The molecule has 0 radical (unpaired) electrons. The predicted octanol–water partition coefficient (Wildman–Crippen LogP) is 7.47. The Labute approximate surface area is 210 Å². The van der Waals surface area contributed by atoms with E-state index in [0.717, 1.165) is 35.5 Å². The number of aryl methyl sites for hydroxylation is 2. The summed E-state index contributed by atoms with van der Waals surface area (Å²) in [5, 5.41) is 0. The van der Waals surface area contributed by atoms with E-state index in [1.807, 2.05) is 12.2 Å². The SMILES string of the molecule is CCc1ccc(C2=C/C(=C\C=C\C=C3C=CC(=[N+](C)C)C=C3)OC(c3ccc(CC)cc3)=C2)cc1. The Kier molecular flexibility index (Phi) is 7.95. The van der Waals surface area contributed by atoms with Crippen LogP contribution >= 0.6 is 0 Å². The van der Waals surface area contributed by atoms with Crippen molar-refractivity contribution in [2.75, 3.05) is 14.1 Å². The number of hydrogen-bond acceptors (Lipinski definition) is 1. The summed E-state index contributed by atoms with van der Waals surface area (Å²) in [6.45, 7) is 4.36. The lowest BCUT2D eigenvalue weighted by Crippen LogP contribution is -2.09. The second-order valence-electron chi connectivity index (χ2n) is 8.92. The first-order valence-electron chi connectivity index (χ1n) is 12.3. The van der Waals surface area contributed by atoms with E-state index in [2.05, 4.69) is 130 Å². The molecule has 4 rings (SSSR count). The molecule has 0 aromatic heterocycles. The van der Waals surface area contributed by atoms with E-state index in [1.165, 1.54) is 28.0 Å². The number of nitrogens with zero attached hydrogens (tertiary/aromatic N) is 1. The van der Waals surface area contributed by atoms with Crippen molar-refractivity contribution in [1.29, 1.82) is 0 Å². The fourth-order valence-electron chi connectivity index (χ4n) is 3.95. The minimum absolute atomic E-state index is 0.823. The fourth-order valence-corrected chi connectivity index (χ4v) is 3.95. The zero-order chi connectivity index (χ0) is 24.6. The zero-order valence-electron chi connectivity index (χ0n) is 21.2. The normalized spacial score (nSPS) is 16.4. The van der Waals surface area contributed by atoms with Gasteiger partial charge >= 0.3 is 0 Å². The summed E-state index contributed by atoms with van der Waals surface area (Å²) in [5.41, 5.74) is 8.45. The highest BCUT2D eigenvalue weighted by atomic mass is 16.5. The lowest BCUT2D eigenvalue weighted by Gasteiger charge is -2.18. The number of hydrogen-bond donors (Lipinski definition) is 0. The molecule has 0 unspecified atom stereocenters. The topological polar surface area (TPSA) is 12.2 Å². The zero-order valence-corrected chi connectivity index (χ0v) is 21.2. The van der Waals surface area contributed by atoms with Crippen LogP contribution in [0.5, 0.6) is 0 Å². The van der Waals surface area contributed by atoms with Gasteiger partial charge in [0, 0.05) is 17.7 Å². The van der Waals surface area contributed by atoms with Crippen LogP contribution in [0.3, 0.4) is 0 Å². The van der Waals surface area contributed by atoms with E-state index in [1.54, 1.807) is 0 Å². The third-order valence-corrected chi connectivity index (χ3v) is 6.22. The van der Waals surface area contributed by atoms with Crippen molar-refractivity contribution in [3.63, 3.8) is 0 Å². The first kappa shape index (κ1) is 24.2. The van der Waals surface area contributed by atoms with Crippen molar-refractivity contribution in [2.45, 2.75) is 26.7 Å². The van der Waals surface area contributed by atoms with Crippen LogP contribution < -0.4 is 0 Å². The van der Waals surface area contributed by atoms with Crippen molar-refractivity contribution in [3.05, 3.63) is 143 Å². The van der Waals surface area contributed by atoms with Crippen molar-refractivity contribution >= 4 is 17.0 Å². The van der Waals surface area contributed by atoms with Gasteiger partial charge in [0.15, 0.2) is 5.71 Å². The van der Waals surface area contributed by atoms with Gasteiger partial charge in [0.05, 0.1) is 0 Å². The summed E-state index contributed by atoms with van der Waals surface area (Å²) in [6, 6.07) is 17.4. The molecule has 0 N–H and O–H groups in total. The molecule has 2 nitrogen and oxygen atoms in total. The molecule has 35 heavy (non-hydrogen) atoms. The van der Waals surface area contributed by atoms with Gasteiger partial charge in [-0.25, -0.2) is 4.58 Å². The van der Waals surface area contributed by atoms with Crippen LogP contribution in [0.15, 0.2) is 121 Å². The van der Waals surface area contributed by atoms with Crippen molar-refractivity contribution in [2.24, 2.45) is 0 Å². The Morgan fingerprint density at radius 2 is 1.26 bits per heavy atom. The molecule has 2 aromatic rings. The van der Waals surface area contributed by atoms with Crippen LogP contribution in [0.2, 0.25) is 0 Å². The summed E-state index contributed by atoms with van der Waals surface area (Å²) in [7, 11) is 4.10. The van der Waals surface area contributed by atoms with E-state index in [9.17, 15) is 0 Å². The van der Waals surface area contributed by atoms with Crippen LogP contribution in [0.25, 0.3) is 11.3 Å². The van der Waals surface area contributed by atoms with E-state index < -0.39 is 0 Å². The van der Waals surface area contributed by atoms with Crippen molar-refractivity contribution < 1.29 is 9.31 Å². The van der Waals surface area contributed by atoms with E-state index in [0.29, 0.717) is 0 Å². The van der Waals surface area contributed by atoms with Crippen LogP contribution in [-0.4, -0.2) is 24.4 Å². The minimum atomic E-state index is 0.823. The maximum absolute atomic E-state index is 6.31. The minimum Gasteiger partial charge on any atom is -0.457 e. The Morgan fingerprint density at radius 1 is 0.686 bits per heavy atom. The highest BCUT2D eigenvalue weighted by molar-refractivity contribution is 6.02. The summed E-state index contributed by atoms with van der Waals surface area (Å²) in [4.78, 5) is 0. The van der Waals surface area contributed by atoms with Gasteiger partial charge in [0.2, 0.25) is 0 Å². The summed E-state index contributed by atoms with van der Waals surface area (Å²) in [5.74, 6) is 1.69. The average molecular weight is 461 g/mol. The van der Waals surface area contributed by atoms with E-state index in [-0.39, 0.29) is 0 Å². The third-order valence-electron chi connectivity index (χ3n) is 6.22. The van der Waals surface area contributed by atoms with Gasteiger partial charge in [0.25, 0.3) is 0 Å². The maximum atomic E-state index is 6.31. The molecule has 2 aromatic carbocycles. The van der Waals surface area contributed by atoms with Gasteiger partial charge in [0.1, 0.15) is 25.6 Å². The molecule has 2 aliphatic rings. The highest BCUT2D eigenvalue weighted by Crippen LogP contribution is 2.32. The predicted molar refractivity (Wildman–Crippen MR) is 149 cm³/mol. The molecule has 0 atom stereocenters. The molecule has 0 saturated carbocycles. The molecular weight excluding hydrogens is 426 g/mol. The van der Waals surface area contributed by atoms with Crippen LogP contribution in [-0.2, 0) is 17.6 Å². The number of rotatable bonds is 6. The molecule has 0 spiro atoms. The maximum Gasteiger partial charge on any atom is 0.199 e. The number of allylic oxidation sites excluding steroid dienone is 12. The Hall–Kier alpha value is -3.91. The standard InChI is InChI=1S/C33H34NO/c1-5-25-11-17-28(18-12-25)30-23-32(35-33(24-30)29-19-13-26(6-2)14-20-29)10-8-7-9-27-15-21-31(22-16-27)34(3)4/h7-24H,5-6H2,1-4H3/q+1/b8-7+,32-10+. The summed E-state index contributed by atoms with van der Waals surface area (Å²) in [6.07, 6.45) is 23.0. The lowest BCUT2D eigenvalue weighted by molar-refractivity contribution is -0.462. The van der Waals surface area contributed by atoms with Crippen molar-refractivity contribution in [1.82, 2.24) is 0 Å². The number of benzene rings is 2. The molecule has 1 aliphatic carbocycles. The molecule has 176 valence electrons. The van der Waals surface area contributed by atoms with Crippen LogP contribution in [0, 0.1) is 0 Å². The van der Waals surface area contributed by atoms with Gasteiger partial charge in [-0.2, -0.15) is 0 Å². The second kappa shape index (κ2) is 11.5. The van der Waals surface area contributed by atoms with Crippen LogP contribution in [0.4, 0.5) is 0 Å².